The predicted octanol–water partition coefficient (Wildman–Crippen LogP) is 5.77. The highest BCUT2D eigenvalue weighted by molar-refractivity contribution is 7.80. The van der Waals surface area contributed by atoms with Crippen LogP contribution in [0.2, 0.25) is 0 Å². The highest BCUT2D eigenvalue weighted by Gasteiger charge is 2.11. The minimum Gasteiger partial charge on any atom is -0.371 e. The lowest BCUT2D eigenvalue weighted by Crippen LogP contribution is -2.27. The Hall–Kier alpha value is -2.62. The lowest BCUT2D eigenvalue weighted by molar-refractivity contribution is -0.116. The Morgan fingerprint density at radius 3 is 2.55 bits per heavy atom. The number of thiol groups is 1. The minimum absolute atomic E-state index is 0.0654. The standard InChI is InChI=1S/C22H25N5OS3/c1-4-26(16-8-9-19(29)18(13-16)14(2)3)11-10-20(28)23-15-6-5-7-17(12-15)27-21(30)24-25-22(27)31/h5-9,12-13,29H,2,4,10-11H2,1,3H3,(H,23,28)(H,24,30)(H,25,31). The third-order valence-corrected chi connectivity index (χ3v) is 5.83. The van der Waals surface area contributed by atoms with Gasteiger partial charge in [-0.25, -0.2) is 0 Å². The second-order valence-electron chi connectivity index (χ2n) is 7.11. The number of rotatable bonds is 8. The molecule has 3 aromatic rings. The predicted molar refractivity (Wildman–Crippen MR) is 136 cm³/mol. The van der Waals surface area contributed by atoms with E-state index in [1.54, 1.807) is 4.57 Å². The first-order valence-corrected chi connectivity index (χ1v) is 11.1. The van der Waals surface area contributed by atoms with Gasteiger partial charge in [0.25, 0.3) is 0 Å². The van der Waals surface area contributed by atoms with E-state index in [1.165, 1.54) is 0 Å². The molecule has 3 N–H and O–H groups in total. The zero-order valence-electron chi connectivity index (χ0n) is 17.4. The maximum Gasteiger partial charge on any atom is 0.226 e. The normalized spacial score (nSPS) is 10.7. The molecule has 0 aliphatic rings. The number of anilines is 2. The van der Waals surface area contributed by atoms with E-state index in [9.17, 15) is 4.79 Å². The number of amides is 1. The molecule has 1 amide bonds. The minimum atomic E-state index is -0.0654. The molecular weight excluding hydrogens is 446 g/mol. The van der Waals surface area contributed by atoms with Crippen molar-refractivity contribution >= 4 is 59.9 Å². The van der Waals surface area contributed by atoms with Crippen molar-refractivity contribution in [1.29, 1.82) is 0 Å². The van der Waals surface area contributed by atoms with E-state index in [1.807, 2.05) is 43.3 Å². The molecule has 31 heavy (non-hydrogen) atoms. The van der Waals surface area contributed by atoms with Crippen LogP contribution in [-0.4, -0.2) is 33.8 Å². The molecule has 0 aliphatic heterocycles. The van der Waals surface area contributed by atoms with Crippen molar-refractivity contribution in [1.82, 2.24) is 14.8 Å². The number of benzene rings is 2. The van der Waals surface area contributed by atoms with E-state index >= 15 is 0 Å². The Bertz CT molecular complexity index is 1200. The summed E-state index contributed by atoms with van der Waals surface area (Å²) in [5.41, 5.74) is 4.49. The quantitative estimate of drug-likeness (QED) is 0.249. The summed E-state index contributed by atoms with van der Waals surface area (Å²) in [7, 11) is 0. The largest absolute Gasteiger partial charge is 0.371 e. The fourth-order valence-electron chi connectivity index (χ4n) is 3.26. The van der Waals surface area contributed by atoms with E-state index in [4.69, 9.17) is 24.4 Å². The van der Waals surface area contributed by atoms with Gasteiger partial charge in [-0.3, -0.25) is 19.6 Å². The van der Waals surface area contributed by atoms with Crippen LogP contribution in [0.1, 0.15) is 25.8 Å². The van der Waals surface area contributed by atoms with Crippen molar-refractivity contribution in [2.24, 2.45) is 0 Å². The van der Waals surface area contributed by atoms with Gasteiger partial charge in [-0.2, -0.15) is 0 Å². The van der Waals surface area contributed by atoms with Crippen LogP contribution in [0.15, 0.2) is 53.9 Å². The van der Waals surface area contributed by atoms with Crippen LogP contribution in [0.5, 0.6) is 0 Å². The molecule has 3 rings (SSSR count). The van der Waals surface area contributed by atoms with Gasteiger partial charge in [-0.05, 0) is 85.8 Å². The number of H-pyrrole nitrogens is 2. The third kappa shape index (κ3) is 5.55. The molecule has 0 atom stereocenters. The van der Waals surface area contributed by atoms with Crippen molar-refractivity contribution in [3.05, 3.63) is 64.1 Å². The molecule has 0 unspecified atom stereocenters. The highest BCUT2D eigenvalue weighted by atomic mass is 32.1. The summed E-state index contributed by atoms with van der Waals surface area (Å²) in [6.45, 7) is 9.43. The molecule has 162 valence electrons. The van der Waals surface area contributed by atoms with Crippen LogP contribution in [0.4, 0.5) is 11.4 Å². The molecule has 1 aromatic heterocycles. The van der Waals surface area contributed by atoms with E-state index in [-0.39, 0.29) is 5.91 Å². The summed E-state index contributed by atoms with van der Waals surface area (Å²) < 4.78 is 2.63. The number of aromatic nitrogens is 3. The van der Waals surface area contributed by atoms with Gasteiger partial charge in [-0.1, -0.05) is 12.6 Å². The number of hydrogen-bond acceptors (Lipinski definition) is 5. The Morgan fingerprint density at radius 1 is 1.19 bits per heavy atom. The first kappa shape index (κ1) is 23.1. The second-order valence-corrected chi connectivity index (χ2v) is 8.36. The van der Waals surface area contributed by atoms with Gasteiger partial charge >= 0.3 is 0 Å². The average Bonchev–Trinajstić information content (AvgIpc) is 3.07. The van der Waals surface area contributed by atoms with Crippen molar-refractivity contribution in [2.75, 3.05) is 23.3 Å². The SMILES string of the molecule is C=C(C)c1cc(N(CC)CCC(=O)Nc2cccc(-n3c(=S)[nH][nH]c3=S)c2)ccc1S. The zero-order valence-corrected chi connectivity index (χ0v) is 20.0. The molecule has 6 nitrogen and oxygen atoms in total. The number of nitrogens with zero attached hydrogens (tertiary/aromatic N) is 2. The Balaban J connectivity index is 1.68. The fraction of sp³-hybridized carbons (Fsp3) is 0.227. The molecule has 9 heteroatoms. The van der Waals surface area contributed by atoms with Crippen molar-refractivity contribution in [3.8, 4) is 5.69 Å². The van der Waals surface area contributed by atoms with Gasteiger partial charge < -0.3 is 10.2 Å². The second kappa shape index (κ2) is 10.1. The monoisotopic (exact) mass is 471 g/mol. The number of hydrogen-bond donors (Lipinski definition) is 4. The summed E-state index contributed by atoms with van der Waals surface area (Å²) in [5.74, 6) is -0.0654. The molecule has 1 heterocycles. The summed E-state index contributed by atoms with van der Waals surface area (Å²) in [6.07, 6.45) is 0.354. The van der Waals surface area contributed by atoms with Gasteiger partial charge in [0.1, 0.15) is 0 Å². The van der Waals surface area contributed by atoms with Gasteiger partial charge in [0.2, 0.25) is 5.91 Å². The van der Waals surface area contributed by atoms with Gasteiger partial charge in [-0.15, -0.1) is 12.6 Å². The van der Waals surface area contributed by atoms with Crippen LogP contribution >= 0.6 is 37.1 Å². The highest BCUT2D eigenvalue weighted by Crippen LogP contribution is 2.27. The van der Waals surface area contributed by atoms with E-state index in [2.05, 4.69) is 52.6 Å². The molecule has 0 aliphatic carbocycles. The Labute approximate surface area is 197 Å². The smallest absolute Gasteiger partial charge is 0.226 e. The molecule has 0 bridgehead atoms. The molecule has 2 aromatic carbocycles. The van der Waals surface area contributed by atoms with Crippen molar-refractivity contribution in [2.45, 2.75) is 25.2 Å². The summed E-state index contributed by atoms with van der Waals surface area (Å²) in [5, 5.41) is 8.58. The Kier molecular flexibility index (Phi) is 7.53. The molecule has 0 fully saturated rings. The van der Waals surface area contributed by atoms with E-state index < -0.39 is 0 Å². The lowest BCUT2D eigenvalue weighted by atomic mass is 10.1. The van der Waals surface area contributed by atoms with Crippen LogP contribution in [0.3, 0.4) is 0 Å². The zero-order chi connectivity index (χ0) is 22.5. The van der Waals surface area contributed by atoms with Crippen LogP contribution in [-0.2, 0) is 4.79 Å². The first-order valence-electron chi connectivity index (χ1n) is 9.84. The summed E-state index contributed by atoms with van der Waals surface area (Å²) in [4.78, 5) is 15.7. The number of carbonyl (C=O) groups excluding carboxylic acids is 1. The molecule has 0 spiro atoms. The maximum atomic E-state index is 12.6. The lowest BCUT2D eigenvalue weighted by Gasteiger charge is -2.24. The topological polar surface area (TPSA) is 68.8 Å². The van der Waals surface area contributed by atoms with Crippen LogP contribution in [0, 0.1) is 9.54 Å². The fourth-order valence-corrected chi connectivity index (χ4v) is 4.14. The Morgan fingerprint density at radius 2 is 1.90 bits per heavy atom. The van der Waals surface area contributed by atoms with Gasteiger partial charge in [0.15, 0.2) is 9.54 Å². The van der Waals surface area contributed by atoms with Gasteiger partial charge in [0.05, 0.1) is 5.69 Å². The molecule has 0 saturated heterocycles. The van der Waals surface area contributed by atoms with Gasteiger partial charge in [0, 0.05) is 35.8 Å². The van der Waals surface area contributed by atoms with E-state index in [0.717, 1.165) is 34.0 Å². The van der Waals surface area contributed by atoms with E-state index in [0.29, 0.717) is 28.2 Å². The first-order chi connectivity index (χ1) is 14.8. The summed E-state index contributed by atoms with van der Waals surface area (Å²) >= 11 is 15.0. The van der Waals surface area contributed by atoms with Crippen LogP contribution < -0.4 is 10.2 Å². The van der Waals surface area contributed by atoms with Crippen molar-refractivity contribution in [3.63, 3.8) is 0 Å². The van der Waals surface area contributed by atoms with Crippen molar-refractivity contribution < 1.29 is 4.79 Å². The average molecular weight is 472 g/mol. The maximum absolute atomic E-state index is 12.6. The third-order valence-electron chi connectivity index (χ3n) is 4.87. The number of aromatic amines is 2. The molecule has 0 saturated carbocycles. The molecule has 0 radical (unpaired) electrons. The van der Waals surface area contributed by atoms with Crippen LogP contribution in [0.25, 0.3) is 11.3 Å². The molecular formula is C22H25N5OS3. The summed E-state index contributed by atoms with van der Waals surface area (Å²) in [6, 6.07) is 13.5. The number of nitrogens with one attached hydrogen (secondary N) is 3. The number of carbonyl (C=O) groups is 1. The number of allylic oxidation sites excluding steroid dienone is 1.